The van der Waals surface area contributed by atoms with E-state index in [1.165, 1.54) is 36.0 Å². The van der Waals surface area contributed by atoms with E-state index in [2.05, 4.69) is 16.8 Å². The highest BCUT2D eigenvalue weighted by Crippen LogP contribution is 2.37. The van der Waals surface area contributed by atoms with Gasteiger partial charge < -0.3 is 5.32 Å². The lowest BCUT2D eigenvalue weighted by molar-refractivity contribution is 0.393. The van der Waals surface area contributed by atoms with Crippen LogP contribution in [0, 0.1) is 0 Å². The smallest absolute Gasteiger partial charge is 0.147 e. The SMILES string of the molecule is CNC(CCCS(C)(=O)=O)C1CCCc2sccc21. The van der Waals surface area contributed by atoms with Crippen molar-refractivity contribution in [3.63, 3.8) is 0 Å². The zero-order chi connectivity index (χ0) is 13.9. The molecule has 2 unspecified atom stereocenters. The van der Waals surface area contributed by atoms with Crippen LogP contribution in [0.4, 0.5) is 0 Å². The first kappa shape index (κ1) is 15.0. The summed E-state index contributed by atoms with van der Waals surface area (Å²) >= 11 is 1.86. The van der Waals surface area contributed by atoms with E-state index in [0.717, 1.165) is 12.8 Å². The van der Waals surface area contributed by atoms with Crippen molar-refractivity contribution in [2.24, 2.45) is 0 Å². The second-order valence-corrected chi connectivity index (χ2v) is 8.73. The Bertz CT molecular complexity index is 507. The fourth-order valence-corrected chi connectivity index (χ4v) is 4.74. The first-order valence-electron chi connectivity index (χ1n) is 6.92. The number of fused-ring (bicyclic) bond motifs is 1. The first-order chi connectivity index (χ1) is 9.01. The molecule has 2 atom stereocenters. The maximum absolute atomic E-state index is 11.2. The fourth-order valence-electron chi connectivity index (χ4n) is 3.05. The Morgan fingerprint density at radius 1 is 1.53 bits per heavy atom. The number of rotatable bonds is 6. The third-order valence-corrected chi connectivity index (χ3v) is 6.01. The van der Waals surface area contributed by atoms with Gasteiger partial charge in [-0.2, -0.15) is 0 Å². The summed E-state index contributed by atoms with van der Waals surface area (Å²) in [6.45, 7) is 0. The molecule has 108 valence electrons. The van der Waals surface area contributed by atoms with Gasteiger partial charge in [-0.15, -0.1) is 11.3 Å². The molecule has 1 aliphatic rings. The summed E-state index contributed by atoms with van der Waals surface area (Å²) in [7, 11) is -0.842. The van der Waals surface area contributed by atoms with Crippen LogP contribution in [-0.2, 0) is 16.3 Å². The summed E-state index contributed by atoms with van der Waals surface area (Å²) < 4.78 is 22.4. The largest absolute Gasteiger partial charge is 0.316 e. The van der Waals surface area contributed by atoms with Gasteiger partial charge in [0.05, 0.1) is 0 Å². The minimum absolute atomic E-state index is 0.300. The molecule has 5 heteroatoms. The second kappa shape index (κ2) is 6.37. The number of likely N-dealkylation sites (N-methyl/N-ethyl adjacent to an activating group) is 1. The fraction of sp³-hybridized carbons (Fsp3) is 0.714. The molecule has 0 radical (unpaired) electrons. The Labute approximate surface area is 120 Å². The molecule has 1 heterocycles. The Hall–Kier alpha value is -0.390. The van der Waals surface area contributed by atoms with E-state index in [0.29, 0.717) is 17.7 Å². The normalized spacial score (nSPS) is 21.1. The van der Waals surface area contributed by atoms with E-state index in [-0.39, 0.29) is 0 Å². The van der Waals surface area contributed by atoms with Gasteiger partial charge in [0.1, 0.15) is 9.84 Å². The van der Waals surface area contributed by atoms with Crippen molar-refractivity contribution in [3.05, 3.63) is 21.9 Å². The van der Waals surface area contributed by atoms with E-state index in [9.17, 15) is 8.42 Å². The van der Waals surface area contributed by atoms with E-state index >= 15 is 0 Å². The van der Waals surface area contributed by atoms with Crippen LogP contribution in [0.1, 0.15) is 42.0 Å². The Balaban J connectivity index is 1.99. The molecular weight excluding hydrogens is 278 g/mol. The van der Waals surface area contributed by atoms with Gasteiger partial charge in [0.25, 0.3) is 0 Å². The van der Waals surface area contributed by atoms with Crippen LogP contribution in [0.15, 0.2) is 11.4 Å². The van der Waals surface area contributed by atoms with Gasteiger partial charge in [0, 0.05) is 28.8 Å². The molecule has 0 aromatic carbocycles. The molecule has 0 aliphatic heterocycles. The molecule has 2 rings (SSSR count). The van der Waals surface area contributed by atoms with Gasteiger partial charge in [0.15, 0.2) is 0 Å². The maximum Gasteiger partial charge on any atom is 0.147 e. The summed E-state index contributed by atoms with van der Waals surface area (Å²) in [5.41, 5.74) is 1.50. The lowest BCUT2D eigenvalue weighted by Gasteiger charge is -2.30. The van der Waals surface area contributed by atoms with Crippen molar-refractivity contribution in [1.29, 1.82) is 0 Å². The Morgan fingerprint density at radius 3 is 3.00 bits per heavy atom. The number of hydrogen-bond acceptors (Lipinski definition) is 4. The molecule has 3 nitrogen and oxygen atoms in total. The molecule has 0 saturated heterocycles. The molecule has 1 aliphatic carbocycles. The van der Waals surface area contributed by atoms with Gasteiger partial charge in [0.2, 0.25) is 0 Å². The van der Waals surface area contributed by atoms with Crippen molar-refractivity contribution >= 4 is 21.2 Å². The molecule has 0 saturated carbocycles. The van der Waals surface area contributed by atoms with E-state index in [4.69, 9.17) is 0 Å². The topological polar surface area (TPSA) is 46.2 Å². The molecule has 19 heavy (non-hydrogen) atoms. The van der Waals surface area contributed by atoms with Crippen molar-refractivity contribution in [1.82, 2.24) is 5.32 Å². The van der Waals surface area contributed by atoms with E-state index < -0.39 is 9.84 Å². The van der Waals surface area contributed by atoms with Crippen molar-refractivity contribution in [2.75, 3.05) is 19.1 Å². The summed E-state index contributed by atoms with van der Waals surface area (Å²) in [6, 6.07) is 2.65. The third-order valence-electron chi connectivity index (χ3n) is 3.99. The molecule has 1 N–H and O–H groups in total. The molecule has 1 aromatic heterocycles. The average molecular weight is 301 g/mol. The van der Waals surface area contributed by atoms with E-state index in [1.807, 2.05) is 18.4 Å². The van der Waals surface area contributed by atoms with Crippen LogP contribution < -0.4 is 5.32 Å². The molecule has 0 fully saturated rings. The minimum Gasteiger partial charge on any atom is -0.316 e. The van der Waals surface area contributed by atoms with Crippen LogP contribution in [0.2, 0.25) is 0 Å². The van der Waals surface area contributed by atoms with Crippen LogP contribution >= 0.6 is 11.3 Å². The highest BCUT2D eigenvalue weighted by atomic mass is 32.2. The van der Waals surface area contributed by atoms with Gasteiger partial charge in [-0.3, -0.25) is 0 Å². The quantitative estimate of drug-likeness (QED) is 0.878. The number of aryl methyl sites for hydroxylation is 1. The minimum atomic E-state index is -2.83. The number of hydrogen-bond donors (Lipinski definition) is 1. The predicted octanol–water partition coefficient (Wildman–Crippen LogP) is 2.58. The zero-order valence-electron chi connectivity index (χ0n) is 11.7. The Kier molecular flexibility index (Phi) is 5.03. The lowest BCUT2D eigenvalue weighted by Crippen LogP contribution is -2.34. The second-order valence-electron chi connectivity index (χ2n) is 5.47. The van der Waals surface area contributed by atoms with Gasteiger partial charge in [-0.1, -0.05) is 0 Å². The van der Waals surface area contributed by atoms with Crippen molar-refractivity contribution in [3.8, 4) is 0 Å². The summed E-state index contributed by atoms with van der Waals surface area (Å²) in [6.07, 6.45) is 6.68. The number of sulfone groups is 1. The molecule has 0 amide bonds. The zero-order valence-corrected chi connectivity index (χ0v) is 13.3. The number of nitrogens with one attached hydrogen (secondary N) is 1. The third kappa shape index (κ3) is 4.04. The maximum atomic E-state index is 11.2. The average Bonchev–Trinajstić information content (AvgIpc) is 2.81. The van der Waals surface area contributed by atoms with Gasteiger partial charge in [-0.05, 0) is 56.2 Å². The standard InChI is InChI=1S/C14H23NO2S2/c1-15-13(6-4-10-19(2,16)17)11-5-3-7-14-12(11)8-9-18-14/h8-9,11,13,15H,3-7,10H2,1-2H3. The first-order valence-corrected chi connectivity index (χ1v) is 9.86. The van der Waals surface area contributed by atoms with E-state index in [1.54, 1.807) is 0 Å². The van der Waals surface area contributed by atoms with Crippen LogP contribution in [0.3, 0.4) is 0 Å². The summed E-state index contributed by atoms with van der Waals surface area (Å²) in [4.78, 5) is 1.53. The molecule has 0 bridgehead atoms. The molecule has 0 spiro atoms. The summed E-state index contributed by atoms with van der Waals surface area (Å²) in [5, 5.41) is 5.59. The molecular formula is C14H23NO2S2. The Morgan fingerprint density at radius 2 is 2.32 bits per heavy atom. The van der Waals surface area contributed by atoms with Crippen LogP contribution in [0.5, 0.6) is 0 Å². The highest BCUT2D eigenvalue weighted by molar-refractivity contribution is 7.90. The van der Waals surface area contributed by atoms with Crippen molar-refractivity contribution < 1.29 is 8.42 Å². The monoisotopic (exact) mass is 301 g/mol. The predicted molar refractivity (Wildman–Crippen MR) is 81.8 cm³/mol. The molecule has 1 aromatic rings. The highest BCUT2D eigenvalue weighted by Gasteiger charge is 2.27. The van der Waals surface area contributed by atoms with Crippen LogP contribution in [0.25, 0.3) is 0 Å². The van der Waals surface area contributed by atoms with Crippen molar-refractivity contribution in [2.45, 2.75) is 44.1 Å². The van der Waals surface area contributed by atoms with Gasteiger partial charge in [-0.25, -0.2) is 8.42 Å². The van der Waals surface area contributed by atoms with Gasteiger partial charge >= 0.3 is 0 Å². The summed E-state index contributed by atoms with van der Waals surface area (Å²) in [5.74, 6) is 0.855. The lowest BCUT2D eigenvalue weighted by atomic mass is 9.81. The number of thiophene rings is 1. The van der Waals surface area contributed by atoms with Crippen LogP contribution in [-0.4, -0.2) is 33.5 Å².